The maximum atomic E-state index is 5.43. The molecule has 1 aliphatic heterocycles. The SMILES string of the molecule is CCNC(=NCc1cc(OC)c(OC)c(OC)c1)NCC(C)CN1CCCC1. The van der Waals surface area contributed by atoms with Gasteiger partial charge in [0.2, 0.25) is 5.75 Å². The molecular formula is C21H36N4O3. The molecule has 0 aromatic heterocycles. The van der Waals surface area contributed by atoms with E-state index in [0.29, 0.717) is 29.7 Å². The van der Waals surface area contributed by atoms with Crippen molar-refractivity contribution in [3.8, 4) is 17.2 Å². The van der Waals surface area contributed by atoms with E-state index >= 15 is 0 Å². The van der Waals surface area contributed by atoms with Crippen LogP contribution in [0.4, 0.5) is 0 Å². The van der Waals surface area contributed by atoms with Gasteiger partial charge in [-0.05, 0) is 56.5 Å². The molecule has 7 nitrogen and oxygen atoms in total. The number of nitrogens with one attached hydrogen (secondary N) is 2. The van der Waals surface area contributed by atoms with E-state index in [1.807, 2.05) is 12.1 Å². The fourth-order valence-electron chi connectivity index (χ4n) is 3.48. The molecule has 0 bridgehead atoms. The monoisotopic (exact) mass is 392 g/mol. The molecule has 1 aromatic rings. The van der Waals surface area contributed by atoms with Crippen molar-refractivity contribution in [3.05, 3.63) is 17.7 Å². The Bertz CT molecular complexity index is 605. The molecule has 1 atom stereocenters. The predicted molar refractivity (Wildman–Crippen MR) is 114 cm³/mol. The molecule has 0 radical (unpaired) electrons. The van der Waals surface area contributed by atoms with E-state index < -0.39 is 0 Å². The van der Waals surface area contributed by atoms with Crippen LogP contribution in [-0.4, -0.2) is 64.9 Å². The van der Waals surface area contributed by atoms with Crippen molar-refractivity contribution in [2.45, 2.75) is 33.2 Å². The highest BCUT2D eigenvalue weighted by atomic mass is 16.5. The summed E-state index contributed by atoms with van der Waals surface area (Å²) in [5, 5.41) is 6.79. The molecule has 1 fully saturated rings. The van der Waals surface area contributed by atoms with E-state index in [4.69, 9.17) is 19.2 Å². The van der Waals surface area contributed by atoms with Gasteiger partial charge in [0.25, 0.3) is 0 Å². The van der Waals surface area contributed by atoms with Crippen molar-refractivity contribution in [2.75, 3.05) is 54.1 Å². The van der Waals surface area contributed by atoms with E-state index in [0.717, 1.165) is 31.2 Å². The predicted octanol–water partition coefficient (Wildman–Crippen LogP) is 2.50. The van der Waals surface area contributed by atoms with Gasteiger partial charge in [-0.15, -0.1) is 0 Å². The van der Waals surface area contributed by atoms with Gasteiger partial charge in [-0.25, -0.2) is 4.99 Å². The van der Waals surface area contributed by atoms with Gasteiger partial charge in [0.05, 0.1) is 27.9 Å². The van der Waals surface area contributed by atoms with Crippen LogP contribution in [0.15, 0.2) is 17.1 Å². The minimum absolute atomic E-state index is 0.520. The minimum Gasteiger partial charge on any atom is -0.493 e. The smallest absolute Gasteiger partial charge is 0.203 e. The van der Waals surface area contributed by atoms with E-state index in [2.05, 4.69) is 29.4 Å². The first-order chi connectivity index (χ1) is 13.6. The largest absolute Gasteiger partial charge is 0.493 e. The molecular weight excluding hydrogens is 356 g/mol. The highest BCUT2D eigenvalue weighted by Gasteiger charge is 2.15. The number of benzene rings is 1. The lowest BCUT2D eigenvalue weighted by atomic mass is 10.1. The van der Waals surface area contributed by atoms with Gasteiger partial charge in [0, 0.05) is 19.6 Å². The molecule has 7 heteroatoms. The molecule has 0 amide bonds. The minimum atomic E-state index is 0.520. The van der Waals surface area contributed by atoms with Crippen molar-refractivity contribution < 1.29 is 14.2 Å². The van der Waals surface area contributed by atoms with Gasteiger partial charge in [0.1, 0.15) is 0 Å². The normalized spacial score (nSPS) is 16.0. The Labute approximate surface area is 169 Å². The van der Waals surface area contributed by atoms with Crippen LogP contribution >= 0.6 is 0 Å². The highest BCUT2D eigenvalue weighted by Crippen LogP contribution is 2.38. The molecule has 2 N–H and O–H groups in total. The van der Waals surface area contributed by atoms with Crippen LogP contribution in [0.5, 0.6) is 17.2 Å². The quantitative estimate of drug-likeness (QED) is 0.471. The maximum absolute atomic E-state index is 5.43. The van der Waals surface area contributed by atoms with Gasteiger partial charge in [0.15, 0.2) is 17.5 Å². The average Bonchev–Trinajstić information content (AvgIpc) is 3.21. The van der Waals surface area contributed by atoms with Gasteiger partial charge >= 0.3 is 0 Å². The van der Waals surface area contributed by atoms with Crippen LogP contribution < -0.4 is 24.8 Å². The molecule has 1 heterocycles. The number of hydrogen-bond donors (Lipinski definition) is 2. The van der Waals surface area contributed by atoms with Crippen molar-refractivity contribution in [1.82, 2.24) is 15.5 Å². The first-order valence-electron chi connectivity index (χ1n) is 10.1. The van der Waals surface area contributed by atoms with Gasteiger partial charge in [-0.2, -0.15) is 0 Å². The molecule has 1 saturated heterocycles. The summed E-state index contributed by atoms with van der Waals surface area (Å²) in [7, 11) is 4.85. The number of rotatable bonds is 10. The molecule has 1 unspecified atom stereocenters. The Hall–Kier alpha value is -2.15. The first kappa shape index (κ1) is 22.1. The van der Waals surface area contributed by atoms with Crippen molar-refractivity contribution in [2.24, 2.45) is 10.9 Å². The van der Waals surface area contributed by atoms with E-state index in [1.165, 1.54) is 25.9 Å². The van der Waals surface area contributed by atoms with Crippen LogP contribution in [0, 0.1) is 5.92 Å². The Morgan fingerprint density at radius 2 is 1.71 bits per heavy atom. The molecule has 1 aliphatic rings. The summed E-state index contributed by atoms with van der Waals surface area (Å²) in [6, 6.07) is 3.87. The van der Waals surface area contributed by atoms with Crippen LogP contribution in [0.1, 0.15) is 32.3 Å². The Balaban J connectivity index is 1.99. The van der Waals surface area contributed by atoms with Gasteiger partial charge < -0.3 is 29.7 Å². The van der Waals surface area contributed by atoms with E-state index in [-0.39, 0.29) is 0 Å². The second-order valence-electron chi connectivity index (χ2n) is 7.22. The van der Waals surface area contributed by atoms with Crippen LogP contribution in [0.3, 0.4) is 0 Å². The summed E-state index contributed by atoms with van der Waals surface area (Å²) in [5.41, 5.74) is 0.997. The van der Waals surface area contributed by atoms with Gasteiger partial charge in [-0.1, -0.05) is 6.92 Å². The Morgan fingerprint density at radius 1 is 1.07 bits per heavy atom. The highest BCUT2D eigenvalue weighted by molar-refractivity contribution is 5.79. The summed E-state index contributed by atoms with van der Waals surface area (Å²) in [4.78, 5) is 7.27. The number of hydrogen-bond acceptors (Lipinski definition) is 5. The Morgan fingerprint density at radius 3 is 2.25 bits per heavy atom. The molecule has 158 valence electrons. The standard InChI is InChI=1S/C21H36N4O3/c1-6-22-21(23-13-16(2)15-25-9-7-8-10-25)24-14-17-11-18(26-3)20(28-5)19(12-17)27-4/h11-12,16H,6-10,13-15H2,1-5H3,(H2,22,23,24). The number of nitrogens with zero attached hydrogens (tertiary/aromatic N) is 2. The second-order valence-corrected chi connectivity index (χ2v) is 7.22. The summed E-state index contributed by atoms with van der Waals surface area (Å²) in [6.45, 7) is 10.2. The average molecular weight is 393 g/mol. The van der Waals surface area contributed by atoms with Gasteiger partial charge in [-0.3, -0.25) is 0 Å². The Kier molecular flexibility index (Phi) is 9.20. The van der Waals surface area contributed by atoms with Crippen LogP contribution in [0.25, 0.3) is 0 Å². The molecule has 0 spiro atoms. The van der Waals surface area contributed by atoms with Crippen LogP contribution in [0.2, 0.25) is 0 Å². The molecule has 0 aliphatic carbocycles. The lowest BCUT2D eigenvalue weighted by Crippen LogP contribution is -2.41. The summed E-state index contributed by atoms with van der Waals surface area (Å²) < 4.78 is 16.2. The number of guanidine groups is 1. The zero-order valence-corrected chi connectivity index (χ0v) is 18.0. The van der Waals surface area contributed by atoms with Crippen molar-refractivity contribution >= 4 is 5.96 Å². The van der Waals surface area contributed by atoms with Crippen molar-refractivity contribution in [1.29, 1.82) is 0 Å². The summed E-state index contributed by atoms with van der Waals surface area (Å²) in [5.74, 6) is 3.28. The number of ether oxygens (including phenoxy) is 3. The van der Waals surface area contributed by atoms with Crippen molar-refractivity contribution in [3.63, 3.8) is 0 Å². The third kappa shape index (κ3) is 6.48. The number of methoxy groups -OCH3 is 3. The third-order valence-electron chi connectivity index (χ3n) is 4.88. The molecule has 28 heavy (non-hydrogen) atoms. The van der Waals surface area contributed by atoms with E-state index in [9.17, 15) is 0 Å². The lowest BCUT2D eigenvalue weighted by Gasteiger charge is -2.21. The topological polar surface area (TPSA) is 67.4 Å². The number of aliphatic imine (C=N–C) groups is 1. The zero-order valence-electron chi connectivity index (χ0n) is 18.0. The third-order valence-corrected chi connectivity index (χ3v) is 4.88. The summed E-state index contributed by atoms with van der Waals surface area (Å²) >= 11 is 0. The van der Waals surface area contributed by atoms with E-state index in [1.54, 1.807) is 21.3 Å². The summed E-state index contributed by atoms with van der Waals surface area (Å²) in [6.07, 6.45) is 2.66. The second kappa shape index (κ2) is 11.6. The van der Waals surface area contributed by atoms with Crippen LogP contribution in [-0.2, 0) is 6.54 Å². The molecule has 1 aromatic carbocycles. The molecule has 0 saturated carbocycles. The lowest BCUT2D eigenvalue weighted by molar-refractivity contribution is 0.287. The fourth-order valence-corrected chi connectivity index (χ4v) is 3.48. The molecule has 2 rings (SSSR count). The fraction of sp³-hybridized carbons (Fsp3) is 0.667. The first-order valence-corrected chi connectivity index (χ1v) is 10.1. The maximum Gasteiger partial charge on any atom is 0.203 e. The number of likely N-dealkylation sites (tertiary alicyclic amines) is 1. The zero-order chi connectivity index (χ0) is 20.4.